The molecule has 0 radical (unpaired) electrons. The summed E-state index contributed by atoms with van der Waals surface area (Å²) >= 11 is 0. The highest BCUT2D eigenvalue weighted by atomic mass is 16.5. The molecule has 2 aromatic carbocycles. The molecule has 0 aliphatic carbocycles. The molecule has 3 aromatic rings. The number of benzene rings is 2. The van der Waals surface area contributed by atoms with Gasteiger partial charge in [-0.05, 0) is 38.5 Å². The number of aromatic hydroxyl groups is 3. The molecule has 0 spiro atoms. The minimum absolute atomic E-state index is 0.0495. The Labute approximate surface area is 167 Å². The van der Waals surface area contributed by atoms with E-state index in [0.29, 0.717) is 17.7 Å². The number of phenols is 2. The molecule has 1 heterocycles. The van der Waals surface area contributed by atoms with Gasteiger partial charge in [-0.1, -0.05) is 11.6 Å². The first-order valence-corrected chi connectivity index (χ1v) is 8.87. The van der Waals surface area contributed by atoms with Crippen LogP contribution in [0.2, 0.25) is 0 Å². The van der Waals surface area contributed by atoms with Crippen molar-refractivity contribution < 1.29 is 29.2 Å². The maximum atomic E-state index is 12.8. The molecule has 7 heteroatoms. The van der Waals surface area contributed by atoms with Crippen LogP contribution >= 0.6 is 0 Å². The number of fused-ring (bicyclic) bond motifs is 1. The van der Waals surface area contributed by atoms with Gasteiger partial charge in [0, 0.05) is 17.2 Å². The van der Waals surface area contributed by atoms with Gasteiger partial charge in [0.1, 0.15) is 22.5 Å². The van der Waals surface area contributed by atoms with E-state index < -0.39 is 11.2 Å². The van der Waals surface area contributed by atoms with Crippen LogP contribution in [-0.2, 0) is 6.42 Å². The van der Waals surface area contributed by atoms with Crippen LogP contribution in [0.4, 0.5) is 0 Å². The Morgan fingerprint density at radius 1 is 1.03 bits per heavy atom. The third kappa shape index (κ3) is 3.59. The average molecular weight is 398 g/mol. The van der Waals surface area contributed by atoms with Gasteiger partial charge in [0.15, 0.2) is 17.3 Å². The molecule has 7 nitrogen and oxygen atoms in total. The van der Waals surface area contributed by atoms with Crippen LogP contribution in [0.3, 0.4) is 0 Å². The third-order valence-corrected chi connectivity index (χ3v) is 4.57. The lowest BCUT2D eigenvalue weighted by Gasteiger charge is -2.13. The van der Waals surface area contributed by atoms with Gasteiger partial charge in [0.2, 0.25) is 11.2 Å². The van der Waals surface area contributed by atoms with Crippen molar-refractivity contribution >= 4 is 11.0 Å². The van der Waals surface area contributed by atoms with Crippen molar-refractivity contribution in [3.63, 3.8) is 0 Å². The fourth-order valence-corrected chi connectivity index (χ4v) is 3.05. The van der Waals surface area contributed by atoms with Crippen molar-refractivity contribution in [1.82, 2.24) is 0 Å². The molecule has 3 N–H and O–H groups in total. The summed E-state index contributed by atoms with van der Waals surface area (Å²) in [6.07, 6.45) is 2.24. The molecule has 29 heavy (non-hydrogen) atoms. The quantitative estimate of drug-likeness (QED) is 0.555. The van der Waals surface area contributed by atoms with Gasteiger partial charge in [0.25, 0.3) is 0 Å². The molecule has 0 bridgehead atoms. The van der Waals surface area contributed by atoms with Gasteiger partial charge in [-0.3, -0.25) is 4.79 Å². The maximum absolute atomic E-state index is 12.8. The summed E-state index contributed by atoms with van der Waals surface area (Å²) in [4.78, 5) is 12.8. The molecular formula is C22H22O7. The number of hydrogen-bond acceptors (Lipinski definition) is 7. The smallest absolute Gasteiger partial charge is 0.238 e. The monoisotopic (exact) mass is 398 g/mol. The molecule has 1 aromatic heterocycles. The minimum atomic E-state index is -0.782. The van der Waals surface area contributed by atoms with Gasteiger partial charge >= 0.3 is 0 Å². The van der Waals surface area contributed by atoms with E-state index in [9.17, 15) is 20.1 Å². The molecule has 0 saturated heterocycles. The standard InChI is InChI=1S/C22H22O7/c1-11(2)5-7-13-16(28-4)10-17-18(19(13)24)20(25)21(26)22(29-17)12-6-8-15(27-3)14(23)9-12/h5-6,8-10,23-24,26H,7H2,1-4H3. The largest absolute Gasteiger partial charge is 0.507 e. The number of methoxy groups -OCH3 is 2. The molecule has 0 fully saturated rings. The Morgan fingerprint density at radius 2 is 1.72 bits per heavy atom. The predicted molar refractivity (Wildman–Crippen MR) is 109 cm³/mol. The first-order valence-electron chi connectivity index (χ1n) is 8.87. The molecule has 0 aliphatic rings. The van der Waals surface area contributed by atoms with Crippen LogP contribution in [0.5, 0.6) is 28.7 Å². The normalized spacial score (nSPS) is 10.8. The third-order valence-electron chi connectivity index (χ3n) is 4.57. The molecule has 0 saturated carbocycles. The van der Waals surface area contributed by atoms with E-state index in [-0.39, 0.29) is 39.5 Å². The molecule has 0 atom stereocenters. The lowest BCUT2D eigenvalue weighted by molar-refractivity contribution is 0.373. The van der Waals surface area contributed by atoms with Crippen LogP contribution in [0, 0.1) is 0 Å². The molecule has 152 valence electrons. The summed E-state index contributed by atoms with van der Waals surface area (Å²) < 4.78 is 16.1. The Balaban J connectivity index is 2.29. The van der Waals surface area contributed by atoms with Crippen LogP contribution in [-0.4, -0.2) is 29.5 Å². The van der Waals surface area contributed by atoms with Crippen LogP contribution in [0.25, 0.3) is 22.3 Å². The van der Waals surface area contributed by atoms with Gasteiger partial charge < -0.3 is 29.2 Å². The second-order valence-corrected chi connectivity index (χ2v) is 6.76. The summed E-state index contributed by atoms with van der Waals surface area (Å²) in [7, 11) is 2.86. The van der Waals surface area contributed by atoms with E-state index >= 15 is 0 Å². The maximum Gasteiger partial charge on any atom is 0.238 e. The first kappa shape index (κ1) is 20.1. The van der Waals surface area contributed by atoms with Gasteiger partial charge in [0.05, 0.1) is 14.2 Å². The highest BCUT2D eigenvalue weighted by Crippen LogP contribution is 2.40. The van der Waals surface area contributed by atoms with Crippen molar-refractivity contribution in [3.8, 4) is 40.1 Å². The SMILES string of the molecule is COc1ccc(-c2oc3cc(OC)c(CC=C(C)C)c(O)c3c(=O)c2O)cc1O. The van der Waals surface area contributed by atoms with Crippen LogP contribution < -0.4 is 14.9 Å². The Kier molecular flexibility index (Phi) is 5.41. The summed E-state index contributed by atoms with van der Waals surface area (Å²) in [5, 5.41) is 31.0. The van der Waals surface area contributed by atoms with Crippen molar-refractivity contribution in [2.45, 2.75) is 20.3 Å². The van der Waals surface area contributed by atoms with Crippen LogP contribution in [0.1, 0.15) is 19.4 Å². The summed E-state index contributed by atoms with van der Waals surface area (Å²) in [5.74, 6) is -0.700. The van der Waals surface area contributed by atoms with Crippen molar-refractivity contribution in [2.75, 3.05) is 14.2 Å². The summed E-state index contributed by atoms with van der Waals surface area (Å²) in [6.45, 7) is 3.84. The first-order chi connectivity index (χ1) is 13.8. The number of rotatable bonds is 5. The number of phenolic OH excluding ortho intramolecular Hbond substituents is 2. The van der Waals surface area contributed by atoms with E-state index in [1.54, 1.807) is 0 Å². The lowest BCUT2D eigenvalue weighted by Crippen LogP contribution is -2.05. The average Bonchev–Trinajstić information content (AvgIpc) is 2.69. The zero-order valence-corrected chi connectivity index (χ0v) is 16.6. The molecular weight excluding hydrogens is 376 g/mol. The highest BCUT2D eigenvalue weighted by molar-refractivity contribution is 5.90. The molecule has 0 amide bonds. The molecule has 0 aliphatic heterocycles. The van der Waals surface area contributed by atoms with Crippen molar-refractivity contribution in [2.24, 2.45) is 0 Å². The zero-order chi connectivity index (χ0) is 21.3. The Bertz CT molecular complexity index is 1170. The topological polar surface area (TPSA) is 109 Å². The number of ether oxygens (including phenoxy) is 2. The lowest BCUT2D eigenvalue weighted by atomic mass is 10.0. The van der Waals surface area contributed by atoms with Gasteiger partial charge in [-0.15, -0.1) is 0 Å². The van der Waals surface area contributed by atoms with E-state index in [0.717, 1.165) is 5.57 Å². The van der Waals surface area contributed by atoms with Crippen molar-refractivity contribution in [3.05, 3.63) is 51.7 Å². The zero-order valence-electron chi connectivity index (χ0n) is 16.6. The summed E-state index contributed by atoms with van der Waals surface area (Å²) in [5.41, 5.74) is 0.995. The number of hydrogen-bond donors (Lipinski definition) is 3. The van der Waals surface area contributed by atoms with E-state index in [4.69, 9.17) is 13.9 Å². The van der Waals surface area contributed by atoms with Crippen LogP contribution in [0.15, 0.2) is 45.1 Å². The molecule has 3 rings (SSSR count). The minimum Gasteiger partial charge on any atom is -0.507 e. The second-order valence-electron chi connectivity index (χ2n) is 6.76. The van der Waals surface area contributed by atoms with E-state index in [2.05, 4.69) is 0 Å². The summed E-state index contributed by atoms with van der Waals surface area (Å²) in [6, 6.07) is 5.82. The Morgan fingerprint density at radius 3 is 2.31 bits per heavy atom. The van der Waals surface area contributed by atoms with Crippen molar-refractivity contribution in [1.29, 1.82) is 0 Å². The van der Waals surface area contributed by atoms with E-state index in [1.165, 1.54) is 38.5 Å². The van der Waals surface area contributed by atoms with E-state index in [1.807, 2.05) is 19.9 Å². The number of allylic oxidation sites excluding steroid dienone is 2. The fourth-order valence-electron chi connectivity index (χ4n) is 3.05. The predicted octanol–water partition coefficient (Wildman–Crippen LogP) is 4.10. The van der Waals surface area contributed by atoms with Gasteiger partial charge in [-0.25, -0.2) is 0 Å². The van der Waals surface area contributed by atoms with Gasteiger partial charge in [-0.2, -0.15) is 0 Å². The highest BCUT2D eigenvalue weighted by Gasteiger charge is 2.22. The second kappa shape index (κ2) is 7.79. The molecule has 0 unspecified atom stereocenters. The Hall–Kier alpha value is -3.61. The fraction of sp³-hybridized carbons (Fsp3) is 0.227.